The highest BCUT2D eigenvalue weighted by Crippen LogP contribution is 2.20. The number of carbonyl (C=O) groups is 2. The van der Waals surface area contributed by atoms with Crippen LogP contribution < -0.4 is 10.2 Å². The van der Waals surface area contributed by atoms with Crippen LogP contribution in [0.25, 0.3) is 0 Å². The van der Waals surface area contributed by atoms with Crippen LogP contribution in [0.4, 0.5) is 11.4 Å². The molecule has 1 N–H and O–H groups in total. The monoisotopic (exact) mass is 396 g/mol. The number of ether oxygens (including phenoxy) is 2. The molecule has 1 heterocycles. The number of nitrogens with zero attached hydrogens (tertiary/aromatic N) is 1. The summed E-state index contributed by atoms with van der Waals surface area (Å²) in [6.07, 6.45) is -0.901. The van der Waals surface area contributed by atoms with Crippen LogP contribution in [0.3, 0.4) is 0 Å². The minimum Gasteiger partial charge on any atom is -0.449 e. The highest BCUT2D eigenvalue weighted by Gasteiger charge is 2.22. The van der Waals surface area contributed by atoms with E-state index in [2.05, 4.69) is 10.2 Å². The number of nitrogens with one attached hydrogen (secondary N) is 1. The zero-order valence-electron chi connectivity index (χ0n) is 17.5. The SMILES string of the molecule is Cc1cc(C)c(C(=O)O[C@H](C)C(=O)Nc2ccc(N3CCOCC3)cc2)c(C)c1. The second-order valence-corrected chi connectivity index (χ2v) is 7.46. The molecule has 0 radical (unpaired) electrons. The van der Waals surface area contributed by atoms with Crippen LogP contribution in [0.1, 0.15) is 34.0 Å². The van der Waals surface area contributed by atoms with Gasteiger partial charge in [-0.1, -0.05) is 17.7 Å². The van der Waals surface area contributed by atoms with E-state index in [1.807, 2.05) is 57.2 Å². The molecule has 0 saturated carbocycles. The lowest BCUT2D eigenvalue weighted by Crippen LogP contribution is -2.36. The molecule has 0 aromatic heterocycles. The van der Waals surface area contributed by atoms with E-state index in [0.717, 1.165) is 48.7 Å². The minimum atomic E-state index is -0.901. The maximum atomic E-state index is 12.6. The van der Waals surface area contributed by atoms with Crippen LogP contribution in [0.2, 0.25) is 0 Å². The first-order chi connectivity index (χ1) is 13.8. The summed E-state index contributed by atoms with van der Waals surface area (Å²) in [5, 5.41) is 2.81. The van der Waals surface area contributed by atoms with Crippen LogP contribution >= 0.6 is 0 Å². The molecule has 1 amide bonds. The molecule has 0 spiro atoms. The Morgan fingerprint density at radius 3 is 2.21 bits per heavy atom. The quantitative estimate of drug-likeness (QED) is 0.782. The summed E-state index contributed by atoms with van der Waals surface area (Å²) in [5.74, 6) is -0.842. The molecular weight excluding hydrogens is 368 g/mol. The summed E-state index contributed by atoms with van der Waals surface area (Å²) in [4.78, 5) is 27.3. The Balaban J connectivity index is 1.60. The highest BCUT2D eigenvalue weighted by molar-refractivity contribution is 5.98. The van der Waals surface area contributed by atoms with Crippen molar-refractivity contribution < 1.29 is 19.1 Å². The first-order valence-electron chi connectivity index (χ1n) is 9.87. The van der Waals surface area contributed by atoms with Crippen molar-refractivity contribution in [2.24, 2.45) is 0 Å². The molecule has 1 aliphatic heterocycles. The predicted octanol–water partition coefficient (Wildman–Crippen LogP) is 3.63. The summed E-state index contributed by atoms with van der Waals surface area (Å²) in [5.41, 5.74) is 5.05. The van der Waals surface area contributed by atoms with E-state index in [4.69, 9.17) is 9.47 Å². The Hall–Kier alpha value is -2.86. The van der Waals surface area contributed by atoms with Crippen molar-refractivity contribution in [1.29, 1.82) is 0 Å². The Kier molecular flexibility index (Phi) is 6.54. The van der Waals surface area contributed by atoms with E-state index in [1.54, 1.807) is 6.92 Å². The number of carbonyl (C=O) groups excluding carboxylic acids is 2. The first kappa shape index (κ1) is 20.9. The van der Waals surface area contributed by atoms with Gasteiger partial charge >= 0.3 is 5.97 Å². The molecule has 1 fully saturated rings. The number of rotatable bonds is 5. The number of amides is 1. The van der Waals surface area contributed by atoms with Crippen molar-refractivity contribution in [1.82, 2.24) is 0 Å². The lowest BCUT2D eigenvalue weighted by atomic mass is 10.00. The topological polar surface area (TPSA) is 67.9 Å². The Morgan fingerprint density at radius 1 is 1.03 bits per heavy atom. The molecule has 154 valence electrons. The van der Waals surface area contributed by atoms with E-state index in [0.29, 0.717) is 11.3 Å². The van der Waals surface area contributed by atoms with Gasteiger partial charge in [-0.05, 0) is 63.1 Å². The van der Waals surface area contributed by atoms with Gasteiger partial charge in [-0.2, -0.15) is 0 Å². The zero-order valence-corrected chi connectivity index (χ0v) is 17.5. The maximum absolute atomic E-state index is 12.6. The Bertz CT molecular complexity index is 863. The van der Waals surface area contributed by atoms with E-state index >= 15 is 0 Å². The summed E-state index contributed by atoms with van der Waals surface area (Å²) in [6.45, 7) is 10.5. The molecule has 0 aliphatic carbocycles. The smallest absolute Gasteiger partial charge is 0.339 e. The van der Waals surface area contributed by atoms with Crippen molar-refractivity contribution in [3.8, 4) is 0 Å². The number of esters is 1. The van der Waals surface area contributed by atoms with Crippen molar-refractivity contribution in [2.75, 3.05) is 36.5 Å². The van der Waals surface area contributed by atoms with Gasteiger partial charge in [-0.25, -0.2) is 4.79 Å². The molecule has 2 aromatic rings. The van der Waals surface area contributed by atoms with E-state index in [9.17, 15) is 9.59 Å². The van der Waals surface area contributed by atoms with Gasteiger partial charge in [0.1, 0.15) is 0 Å². The van der Waals surface area contributed by atoms with Crippen molar-refractivity contribution in [3.05, 3.63) is 58.7 Å². The van der Waals surface area contributed by atoms with Crippen LogP contribution in [-0.2, 0) is 14.3 Å². The number of hydrogen-bond donors (Lipinski definition) is 1. The summed E-state index contributed by atoms with van der Waals surface area (Å²) < 4.78 is 10.8. The number of morpholine rings is 1. The Labute approximate surface area is 171 Å². The second kappa shape index (κ2) is 9.09. The van der Waals surface area contributed by atoms with Crippen LogP contribution in [0.15, 0.2) is 36.4 Å². The minimum absolute atomic E-state index is 0.361. The molecule has 1 aliphatic rings. The first-order valence-corrected chi connectivity index (χ1v) is 9.87. The molecular formula is C23H28N2O4. The van der Waals surface area contributed by atoms with Gasteiger partial charge in [0.2, 0.25) is 0 Å². The van der Waals surface area contributed by atoms with E-state index < -0.39 is 12.1 Å². The normalized spacial score (nSPS) is 15.0. The summed E-state index contributed by atoms with van der Waals surface area (Å²) in [6, 6.07) is 11.5. The predicted molar refractivity (Wildman–Crippen MR) is 114 cm³/mol. The van der Waals surface area contributed by atoms with E-state index in [1.165, 1.54) is 0 Å². The van der Waals surface area contributed by atoms with E-state index in [-0.39, 0.29) is 5.91 Å². The molecule has 29 heavy (non-hydrogen) atoms. The number of anilines is 2. The van der Waals surface area contributed by atoms with Gasteiger partial charge < -0.3 is 19.7 Å². The van der Waals surface area contributed by atoms with Crippen molar-refractivity contribution in [3.63, 3.8) is 0 Å². The number of aryl methyl sites for hydroxylation is 3. The Morgan fingerprint density at radius 2 is 1.62 bits per heavy atom. The molecule has 1 atom stereocenters. The third kappa shape index (κ3) is 5.15. The largest absolute Gasteiger partial charge is 0.449 e. The average Bonchev–Trinajstić information content (AvgIpc) is 2.68. The zero-order chi connectivity index (χ0) is 21.0. The van der Waals surface area contributed by atoms with Crippen molar-refractivity contribution in [2.45, 2.75) is 33.8 Å². The highest BCUT2D eigenvalue weighted by atomic mass is 16.5. The molecule has 1 saturated heterocycles. The van der Waals surface area contributed by atoms with Crippen molar-refractivity contribution >= 4 is 23.3 Å². The summed E-state index contributed by atoms with van der Waals surface area (Å²) >= 11 is 0. The van der Waals surface area contributed by atoms with Gasteiger partial charge in [0, 0.05) is 24.5 Å². The molecule has 0 bridgehead atoms. The molecule has 6 nitrogen and oxygen atoms in total. The molecule has 0 unspecified atom stereocenters. The lowest BCUT2D eigenvalue weighted by Gasteiger charge is -2.28. The fraction of sp³-hybridized carbons (Fsp3) is 0.391. The average molecular weight is 396 g/mol. The fourth-order valence-corrected chi connectivity index (χ4v) is 3.60. The maximum Gasteiger partial charge on any atom is 0.339 e. The third-order valence-electron chi connectivity index (χ3n) is 5.05. The number of hydrogen-bond acceptors (Lipinski definition) is 5. The summed E-state index contributed by atoms with van der Waals surface area (Å²) in [7, 11) is 0. The van der Waals surface area contributed by atoms with Crippen LogP contribution in [0, 0.1) is 20.8 Å². The standard InChI is InChI=1S/C23H28N2O4/c1-15-13-16(2)21(17(3)14-15)23(27)29-18(4)22(26)24-19-5-7-20(8-6-19)25-9-11-28-12-10-25/h5-8,13-14,18H,9-12H2,1-4H3,(H,24,26)/t18-/m1/s1. The van der Waals surface area contributed by atoms with Gasteiger partial charge in [0.05, 0.1) is 18.8 Å². The fourth-order valence-electron chi connectivity index (χ4n) is 3.60. The lowest BCUT2D eigenvalue weighted by molar-refractivity contribution is -0.123. The third-order valence-corrected chi connectivity index (χ3v) is 5.05. The van der Waals surface area contributed by atoms with Gasteiger partial charge in [0.25, 0.3) is 5.91 Å². The molecule has 2 aromatic carbocycles. The number of benzene rings is 2. The van der Waals surface area contributed by atoms with Crippen LogP contribution in [-0.4, -0.2) is 44.3 Å². The molecule has 6 heteroatoms. The molecule has 3 rings (SSSR count). The van der Waals surface area contributed by atoms with Gasteiger partial charge in [0.15, 0.2) is 6.10 Å². The van der Waals surface area contributed by atoms with Gasteiger partial charge in [-0.3, -0.25) is 4.79 Å². The van der Waals surface area contributed by atoms with Crippen LogP contribution in [0.5, 0.6) is 0 Å². The van der Waals surface area contributed by atoms with Gasteiger partial charge in [-0.15, -0.1) is 0 Å². The second-order valence-electron chi connectivity index (χ2n) is 7.46.